The third kappa shape index (κ3) is 3.59. The monoisotopic (exact) mass is 263 g/mol. The van der Waals surface area contributed by atoms with Crippen LogP contribution in [0.1, 0.15) is 16.8 Å². The van der Waals surface area contributed by atoms with Gasteiger partial charge in [-0.05, 0) is 30.2 Å². The minimum atomic E-state index is 0.832. The average Bonchev–Trinajstić information content (AvgIpc) is 2.75. The van der Waals surface area contributed by atoms with Crippen molar-refractivity contribution < 1.29 is 0 Å². The van der Waals surface area contributed by atoms with Crippen LogP contribution in [0.3, 0.4) is 0 Å². The largest absolute Gasteiger partial charge is 0.312 e. The molecule has 1 aromatic heterocycles. The van der Waals surface area contributed by atoms with Gasteiger partial charge < -0.3 is 5.32 Å². The molecule has 0 atom stereocenters. The summed E-state index contributed by atoms with van der Waals surface area (Å²) in [4.78, 5) is 0. The summed E-state index contributed by atoms with van der Waals surface area (Å²) in [5.74, 6) is 0. The molecule has 0 aliphatic carbocycles. The summed E-state index contributed by atoms with van der Waals surface area (Å²) in [6.45, 7) is 3.77. The minimum Gasteiger partial charge on any atom is -0.312 e. The normalized spacial score (nSPS) is 10.8. The predicted molar refractivity (Wildman–Crippen MR) is 74.8 cm³/mol. The summed E-state index contributed by atoms with van der Waals surface area (Å²) in [6, 6.07) is 8.22. The van der Waals surface area contributed by atoms with Crippen LogP contribution in [0.25, 0.3) is 0 Å². The molecule has 1 heterocycles. The van der Waals surface area contributed by atoms with Gasteiger partial charge in [0.1, 0.15) is 0 Å². The summed E-state index contributed by atoms with van der Waals surface area (Å²) in [6.07, 6.45) is 2.91. The number of nitrogens with zero attached hydrogens (tertiary/aromatic N) is 2. The van der Waals surface area contributed by atoms with E-state index in [0.29, 0.717) is 0 Å². The van der Waals surface area contributed by atoms with E-state index in [0.717, 1.165) is 35.8 Å². The van der Waals surface area contributed by atoms with Crippen molar-refractivity contribution >= 4 is 11.6 Å². The summed E-state index contributed by atoms with van der Waals surface area (Å²) in [5, 5.41) is 8.57. The zero-order valence-corrected chi connectivity index (χ0v) is 11.5. The van der Waals surface area contributed by atoms with Crippen molar-refractivity contribution in [3.8, 4) is 0 Å². The Hall–Kier alpha value is -1.32. The molecule has 0 saturated heterocycles. The number of rotatable bonds is 5. The third-order valence-electron chi connectivity index (χ3n) is 2.89. The Morgan fingerprint density at radius 3 is 2.83 bits per heavy atom. The molecular formula is C14H18ClN3. The maximum atomic E-state index is 6.08. The topological polar surface area (TPSA) is 29.9 Å². The zero-order chi connectivity index (χ0) is 13.0. The maximum absolute atomic E-state index is 6.08. The molecule has 0 saturated carbocycles. The summed E-state index contributed by atoms with van der Waals surface area (Å²) >= 11 is 6.08. The molecule has 0 radical (unpaired) electrons. The van der Waals surface area contributed by atoms with E-state index in [1.54, 1.807) is 0 Å². The molecule has 0 spiro atoms. The Morgan fingerprint density at radius 2 is 2.17 bits per heavy atom. The zero-order valence-electron chi connectivity index (χ0n) is 10.8. The van der Waals surface area contributed by atoms with Crippen molar-refractivity contribution in [2.75, 3.05) is 6.54 Å². The minimum absolute atomic E-state index is 0.832. The molecule has 1 aromatic carbocycles. The van der Waals surface area contributed by atoms with Gasteiger partial charge in [-0.1, -0.05) is 23.7 Å². The first-order valence-electron chi connectivity index (χ1n) is 6.09. The molecule has 0 amide bonds. The molecule has 0 bridgehead atoms. The Bertz CT molecular complexity index is 520. The summed E-state index contributed by atoms with van der Waals surface area (Å²) < 4.78 is 1.83. The highest BCUT2D eigenvalue weighted by Crippen LogP contribution is 2.16. The Kier molecular flexibility index (Phi) is 4.39. The molecule has 0 unspecified atom stereocenters. The Balaban J connectivity index is 1.76. The van der Waals surface area contributed by atoms with Crippen LogP contribution in [0, 0.1) is 6.92 Å². The fourth-order valence-electron chi connectivity index (χ4n) is 1.79. The second-order valence-corrected chi connectivity index (χ2v) is 4.90. The number of halogens is 1. The first-order chi connectivity index (χ1) is 8.65. The predicted octanol–water partition coefficient (Wildman–Crippen LogP) is 2.71. The smallest absolute Gasteiger partial charge is 0.0637 e. The second-order valence-electron chi connectivity index (χ2n) is 4.49. The van der Waals surface area contributed by atoms with Gasteiger partial charge in [0.05, 0.1) is 5.69 Å². The number of aryl methyl sites for hydroxylation is 2. The molecule has 2 rings (SSSR count). The SMILES string of the molecule is Cc1ccc(CNCCc2ccn(C)n2)cc1Cl. The molecule has 0 aliphatic rings. The Labute approximate surface area is 113 Å². The number of nitrogens with one attached hydrogen (secondary N) is 1. The lowest BCUT2D eigenvalue weighted by Gasteiger charge is -2.05. The van der Waals surface area contributed by atoms with Gasteiger partial charge in [-0.3, -0.25) is 4.68 Å². The first-order valence-corrected chi connectivity index (χ1v) is 6.47. The van der Waals surface area contributed by atoms with E-state index in [1.165, 1.54) is 5.56 Å². The van der Waals surface area contributed by atoms with Crippen LogP contribution >= 0.6 is 11.6 Å². The van der Waals surface area contributed by atoms with Crippen LogP contribution in [0.4, 0.5) is 0 Å². The van der Waals surface area contributed by atoms with Crippen molar-refractivity contribution in [2.45, 2.75) is 19.9 Å². The van der Waals surface area contributed by atoms with Gasteiger partial charge in [-0.25, -0.2) is 0 Å². The molecular weight excluding hydrogens is 246 g/mol. The maximum Gasteiger partial charge on any atom is 0.0637 e. The molecule has 3 nitrogen and oxygen atoms in total. The quantitative estimate of drug-likeness (QED) is 0.841. The highest BCUT2D eigenvalue weighted by Gasteiger charge is 1.99. The van der Waals surface area contributed by atoms with Crippen LogP contribution < -0.4 is 5.32 Å². The molecule has 0 aliphatic heterocycles. The molecule has 2 aromatic rings. The van der Waals surface area contributed by atoms with Gasteiger partial charge in [0.15, 0.2) is 0 Å². The fraction of sp³-hybridized carbons (Fsp3) is 0.357. The molecule has 1 N–H and O–H groups in total. The molecule has 18 heavy (non-hydrogen) atoms. The average molecular weight is 264 g/mol. The van der Waals surface area contributed by atoms with Crippen molar-refractivity contribution in [2.24, 2.45) is 7.05 Å². The van der Waals surface area contributed by atoms with Crippen molar-refractivity contribution in [3.05, 3.63) is 52.3 Å². The number of hydrogen-bond donors (Lipinski definition) is 1. The Morgan fingerprint density at radius 1 is 1.33 bits per heavy atom. The van der Waals surface area contributed by atoms with Crippen LogP contribution in [0.5, 0.6) is 0 Å². The number of aromatic nitrogens is 2. The molecule has 96 valence electrons. The van der Waals surface area contributed by atoms with Gasteiger partial charge in [-0.2, -0.15) is 5.10 Å². The molecule has 4 heteroatoms. The van der Waals surface area contributed by atoms with E-state index >= 15 is 0 Å². The third-order valence-corrected chi connectivity index (χ3v) is 3.30. The van der Waals surface area contributed by atoms with Gasteiger partial charge >= 0.3 is 0 Å². The van der Waals surface area contributed by atoms with Crippen molar-refractivity contribution in [1.82, 2.24) is 15.1 Å². The standard InChI is InChI=1S/C14H18ClN3/c1-11-3-4-12(9-14(11)15)10-16-7-5-13-6-8-18(2)17-13/h3-4,6,8-9,16H,5,7,10H2,1-2H3. The van der Waals surface area contributed by atoms with Gasteiger partial charge in [0.25, 0.3) is 0 Å². The van der Waals surface area contributed by atoms with Crippen LogP contribution in [-0.2, 0) is 20.0 Å². The van der Waals surface area contributed by atoms with Crippen molar-refractivity contribution in [1.29, 1.82) is 0 Å². The van der Waals surface area contributed by atoms with Crippen LogP contribution in [-0.4, -0.2) is 16.3 Å². The van der Waals surface area contributed by atoms with Gasteiger partial charge in [-0.15, -0.1) is 0 Å². The van der Waals surface area contributed by atoms with Gasteiger partial charge in [0.2, 0.25) is 0 Å². The van der Waals surface area contributed by atoms with Crippen LogP contribution in [0.15, 0.2) is 30.5 Å². The van der Waals surface area contributed by atoms with Crippen molar-refractivity contribution in [3.63, 3.8) is 0 Å². The highest BCUT2D eigenvalue weighted by atomic mass is 35.5. The molecule has 0 fully saturated rings. The van der Waals surface area contributed by atoms with E-state index in [4.69, 9.17) is 11.6 Å². The lowest BCUT2D eigenvalue weighted by Crippen LogP contribution is -2.17. The highest BCUT2D eigenvalue weighted by molar-refractivity contribution is 6.31. The number of benzene rings is 1. The van der Waals surface area contributed by atoms with Gasteiger partial charge in [0, 0.05) is 37.8 Å². The van der Waals surface area contributed by atoms with E-state index in [1.807, 2.05) is 37.0 Å². The number of hydrogen-bond acceptors (Lipinski definition) is 2. The fourth-order valence-corrected chi connectivity index (χ4v) is 2.00. The summed E-state index contributed by atoms with van der Waals surface area (Å²) in [7, 11) is 1.94. The van der Waals surface area contributed by atoms with Crippen LogP contribution in [0.2, 0.25) is 5.02 Å². The van der Waals surface area contributed by atoms with E-state index in [-0.39, 0.29) is 0 Å². The lowest BCUT2D eigenvalue weighted by molar-refractivity contribution is 0.665. The lowest BCUT2D eigenvalue weighted by atomic mass is 10.1. The second kappa shape index (κ2) is 6.03. The van der Waals surface area contributed by atoms with E-state index in [2.05, 4.69) is 22.5 Å². The van der Waals surface area contributed by atoms with E-state index in [9.17, 15) is 0 Å². The van der Waals surface area contributed by atoms with E-state index < -0.39 is 0 Å². The first kappa shape index (κ1) is 13.1. The summed E-state index contributed by atoms with van der Waals surface area (Å²) in [5.41, 5.74) is 3.45.